The molecule has 7 nitrogen and oxygen atoms in total. The van der Waals surface area contributed by atoms with Gasteiger partial charge in [0.05, 0.1) is 5.41 Å². The summed E-state index contributed by atoms with van der Waals surface area (Å²) in [4.78, 5) is 38.7. The molecule has 0 aliphatic heterocycles. The van der Waals surface area contributed by atoms with Crippen LogP contribution in [0.3, 0.4) is 0 Å². The van der Waals surface area contributed by atoms with E-state index in [1.54, 1.807) is 0 Å². The summed E-state index contributed by atoms with van der Waals surface area (Å²) in [6.07, 6.45) is 8.23. The Kier molecular flexibility index (Phi) is 4.13. The van der Waals surface area contributed by atoms with Crippen LogP contribution in [-0.4, -0.2) is 15.0 Å². The largest absolute Gasteiger partial charge is 0.383 e. The molecule has 1 heterocycles. The first-order valence-electron chi connectivity index (χ1n) is 9.57. The molecule has 0 spiro atoms. The number of nitrogen functional groups attached to an aromatic ring is 1. The van der Waals surface area contributed by atoms with Gasteiger partial charge < -0.3 is 11.1 Å². The molecule has 4 saturated carbocycles. The van der Waals surface area contributed by atoms with E-state index in [2.05, 4.69) is 18.5 Å². The van der Waals surface area contributed by atoms with Gasteiger partial charge in [0.1, 0.15) is 11.5 Å². The van der Waals surface area contributed by atoms with Crippen molar-refractivity contribution in [2.24, 2.45) is 23.2 Å². The predicted molar refractivity (Wildman–Crippen MR) is 104 cm³/mol. The minimum Gasteiger partial charge on any atom is -0.383 e. The topological polar surface area (TPSA) is 99.1 Å². The maximum atomic E-state index is 13.3. The summed E-state index contributed by atoms with van der Waals surface area (Å²) in [7, 11) is 0. The molecule has 4 aliphatic carbocycles. The molecular formula is C20H26N4O3. The Balaban J connectivity index is 1.74. The van der Waals surface area contributed by atoms with E-state index < -0.39 is 11.2 Å². The van der Waals surface area contributed by atoms with E-state index in [4.69, 9.17) is 5.73 Å². The molecule has 144 valence electrons. The van der Waals surface area contributed by atoms with Gasteiger partial charge in [-0.15, -0.1) is 13.2 Å². The van der Waals surface area contributed by atoms with Crippen LogP contribution in [0.5, 0.6) is 0 Å². The summed E-state index contributed by atoms with van der Waals surface area (Å²) >= 11 is 0. The molecule has 5 rings (SSSR count). The van der Waals surface area contributed by atoms with Crippen molar-refractivity contribution in [1.29, 1.82) is 0 Å². The number of amides is 1. The van der Waals surface area contributed by atoms with Crippen LogP contribution in [0.25, 0.3) is 0 Å². The van der Waals surface area contributed by atoms with E-state index >= 15 is 0 Å². The van der Waals surface area contributed by atoms with Crippen molar-refractivity contribution in [1.82, 2.24) is 9.13 Å². The van der Waals surface area contributed by atoms with Crippen molar-refractivity contribution in [2.75, 3.05) is 11.1 Å². The van der Waals surface area contributed by atoms with Gasteiger partial charge >= 0.3 is 5.69 Å². The van der Waals surface area contributed by atoms with Gasteiger partial charge in [0, 0.05) is 13.1 Å². The smallest absolute Gasteiger partial charge is 0.333 e. The summed E-state index contributed by atoms with van der Waals surface area (Å²) in [5, 5.41) is 2.82. The van der Waals surface area contributed by atoms with Crippen LogP contribution in [0, 0.1) is 23.2 Å². The zero-order valence-corrected chi connectivity index (χ0v) is 15.4. The van der Waals surface area contributed by atoms with E-state index in [0.717, 1.165) is 30.3 Å². The Morgan fingerprint density at radius 1 is 1.11 bits per heavy atom. The fourth-order valence-electron chi connectivity index (χ4n) is 5.83. The lowest BCUT2D eigenvalue weighted by Gasteiger charge is -2.31. The van der Waals surface area contributed by atoms with Crippen molar-refractivity contribution >= 4 is 17.4 Å². The van der Waals surface area contributed by atoms with Crippen molar-refractivity contribution < 1.29 is 4.79 Å². The zero-order chi connectivity index (χ0) is 19.3. The second kappa shape index (κ2) is 6.25. The number of carbonyl (C=O) groups excluding carboxylic acids is 1. The maximum absolute atomic E-state index is 13.3. The number of carbonyl (C=O) groups is 1. The molecule has 1 aromatic heterocycles. The Hall–Kier alpha value is -2.57. The lowest BCUT2D eigenvalue weighted by atomic mass is 9.75. The molecule has 4 bridgehead atoms. The highest BCUT2D eigenvalue weighted by molar-refractivity contribution is 5.98. The number of nitrogens with one attached hydrogen (secondary N) is 1. The number of allylic oxidation sites excluding steroid dienone is 2. The molecule has 2 unspecified atom stereocenters. The third-order valence-electron chi connectivity index (χ3n) is 6.77. The summed E-state index contributed by atoms with van der Waals surface area (Å²) in [5.74, 6) is 1.51. The van der Waals surface area contributed by atoms with Crippen molar-refractivity contribution in [3.8, 4) is 0 Å². The van der Waals surface area contributed by atoms with Crippen LogP contribution in [0.4, 0.5) is 11.5 Å². The van der Waals surface area contributed by atoms with Crippen LogP contribution in [-0.2, 0) is 17.9 Å². The average molecular weight is 370 g/mol. The number of nitrogens with two attached hydrogens (primary N) is 1. The van der Waals surface area contributed by atoms with E-state index in [1.807, 2.05) is 0 Å². The molecule has 1 aromatic rings. The first-order chi connectivity index (χ1) is 12.9. The van der Waals surface area contributed by atoms with E-state index in [-0.39, 0.29) is 35.9 Å². The molecule has 0 aromatic carbocycles. The molecule has 2 atom stereocenters. The summed E-state index contributed by atoms with van der Waals surface area (Å²) < 4.78 is 2.29. The van der Waals surface area contributed by atoms with Gasteiger partial charge in [-0.25, -0.2) is 4.79 Å². The second-order valence-corrected chi connectivity index (χ2v) is 8.30. The molecule has 1 amide bonds. The first-order valence-corrected chi connectivity index (χ1v) is 9.57. The SMILES string of the molecule is C=CCn1c(N)c(NC(=O)C23CC4CC(CC2C4)C3)c(=O)n(CC=C)c1=O. The van der Waals surface area contributed by atoms with Crippen LogP contribution < -0.4 is 22.3 Å². The zero-order valence-electron chi connectivity index (χ0n) is 15.4. The molecule has 0 radical (unpaired) electrons. The molecule has 27 heavy (non-hydrogen) atoms. The minimum atomic E-state index is -0.583. The highest BCUT2D eigenvalue weighted by Crippen LogP contribution is 2.65. The lowest BCUT2D eigenvalue weighted by Crippen LogP contribution is -2.44. The minimum absolute atomic E-state index is 0.0103. The van der Waals surface area contributed by atoms with Gasteiger partial charge in [0.25, 0.3) is 5.56 Å². The molecular weight excluding hydrogens is 344 g/mol. The van der Waals surface area contributed by atoms with Crippen LogP contribution in [0.15, 0.2) is 34.9 Å². The predicted octanol–water partition coefficient (Wildman–Crippen LogP) is 1.73. The van der Waals surface area contributed by atoms with Gasteiger partial charge in [-0.3, -0.25) is 18.7 Å². The molecule has 4 aliphatic rings. The summed E-state index contributed by atoms with van der Waals surface area (Å²) in [5.41, 5.74) is 4.61. The monoisotopic (exact) mass is 370 g/mol. The van der Waals surface area contributed by atoms with Crippen LogP contribution in [0.1, 0.15) is 32.1 Å². The van der Waals surface area contributed by atoms with E-state index in [9.17, 15) is 14.4 Å². The first kappa shape index (κ1) is 17.8. The van der Waals surface area contributed by atoms with Gasteiger partial charge in [-0.05, 0) is 49.9 Å². The Morgan fingerprint density at radius 2 is 1.70 bits per heavy atom. The Morgan fingerprint density at radius 3 is 2.30 bits per heavy atom. The van der Waals surface area contributed by atoms with E-state index in [0.29, 0.717) is 17.8 Å². The fourth-order valence-corrected chi connectivity index (χ4v) is 5.83. The molecule has 0 saturated heterocycles. The number of aromatic nitrogens is 2. The molecule has 7 heteroatoms. The number of rotatable bonds is 6. The maximum Gasteiger partial charge on any atom is 0.333 e. The number of hydrogen-bond acceptors (Lipinski definition) is 4. The van der Waals surface area contributed by atoms with Crippen LogP contribution >= 0.6 is 0 Å². The third kappa shape index (κ3) is 2.51. The second-order valence-electron chi connectivity index (χ2n) is 8.30. The summed E-state index contributed by atoms with van der Waals surface area (Å²) in [6, 6.07) is 0. The third-order valence-corrected chi connectivity index (χ3v) is 6.77. The van der Waals surface area contributed by atoms with E-state index in [1.165, 1.54) is 23.1 Å². The van der Waals surface area contributed by atoms with Crippen molar-refractivity contribution in [3.05, 3.63) is 46.1 Å². The van der Waals surface area contributed by atoms with Crippen molar-refractivity contribution in [2.45, 2.75) is 45.2 Å². The van der Waals surface area contributed by atoms with Gasteiger partial charge in [-0.1, -0.05) is 12.2 Å². The fraction of sp³-hybridized carbons (Fsp3) is 0.550. The highest BCUT2D eigenvalue weighted by atomic mass is 16.2. The Bertz CT molecular complexity index is 928. The normalized spacial score (nSPS) is 30.4. The number of nitrogens with zero attached hydrogens (tertiary/aromatic N) is 2. The molecule has 4 fully saturated rings. The van der Waals surface area contributed by atoms with Gasteiger partial charge in [0.2, 0.25) is 5.91 Å². The number of anilines is 2. The number of hydrogen-bond donors (Lipinski definition) is 2. The molecule has 3 N–H and O–H groups in total. The quantitative estimate of drug-likeness (QED) is 0.745. The Labute approximate surface area is 157 Å². The van der Waals surface area contributed by atoms with Crippen molar-refractivity contribution in [3.63, 3.8) is 0 Å². The standard InChI is InChI=1S/C20H26N4O3/c1-3-5-23-16(21)15(17(25)24(6-4-2)19(23)27)22-18(26)20-10-12-7-13(11-20)9-14(20)8-12/h3-4,12-14H,1-2,5-11,21H2,(H,22,26). The average Bonchev–Trinajstić information content (AvgIpc) is 3.04. The lowest BCUT2D eigenvalue weighted by molar-refractivity contribution is -0.127. The van der Waals surface area contributed by atoms with Gasteiger partial charge in [0.15, 0.2) is 0 Å². The van der Waals surface area contributed by atoms with Gasteiger partial charge in [-0.2, -0.15) is 0 Å². The summed E-state index contributed by atoms with van der Waals surface area (Å²) in [6.45, 7) is 7.44. The van der Waals surface area contributed by atoms with Crippen LogP contribution in [0.2, 0.25) is 0 Å². The highest BCUT2D eigenvalue weighted by Gasteiger charge is 2.61.